The first-order valence-electron chi connectivity index (χ1n) is 10.7. The van der Waals surface area contributed by atoms with Crippen molar-refractivity contribution in [2.24, 2.45) is 0 Å². The predicted octanol–water partition coefficient (Wildman–Crippen LogP) is 4.92. The molecule has 4 aromatic rings. The Balaban J connectivity index is 1.61. The molecule has 2 heterocycles. The summed E-state index contributed by atoms with van der Waals surface area (Å²) in [4.78, 5) is 4.68. The quantitative estimate of drug-likeness (QED) is 0.334. The van der Waals surface area contributed by atoms with Gasteiger partial charge in [0.15, 0.2) is 27.1 Å². The number of hydrogen-bond acceptors (Lipinski definition) is 9. The fourth-order valence-electron chi connectivity index (χ4n) is 3.76. The lowest BCUT2D eigenvalue weighted by atomic mass is 10.1. The Morgan fingerprint density at radius 2 is 1.51 bits per heavy atom. The molecule has 0 saturated heterocycles. The molecule has 35 heavy (non-hydrogen) atoms. The fourth-order valence-corrected chi connectivity index (χ4v) is 5.35. The summed E-state index contributed by atoms with van der Waals surface area (Å²) >= 11 is 0. The van der Waals surface area contributed by atoms with Gasteiger partial charge >= 0.3 is 0 Å². The van der Waals surface area contributed by atoms with Crippen LogP contribution in [0.4, 0.5) is 0 Å². The minimum atomic E-state index is -3.61. The zero-order valence-electron chi connectivity index (χ0n) is 20.3. The van der Waals surface area contributed by atoms with Crippen molar-refractivity contribution in [2.45, 2.75) is 31.4 Å². The lowest BCUT2D eigenvalue weighted by Crippen LogP contribution is -2.07. The molecule has 0 aliphatic carbocycles. The van der Waals surface area contributed by atoms with Crippen LogP contribution in [0, 0.1) is 20.8 Å². The number of furan rings is 1. The van der Waals surface area contributed by atoms with Gasteiger partial charge in [0.2, 0.25) is 11.6 Å². The number of rotatable bonds is 8. The molecule has 2 aromatic heterocycles. The van der Waals surface area contributed by atoms with Crippen molar-refractivity contribution in [1.82, 2.24) is 10.1 Å². The lowest BCUT2D eigenvalue weighted by Gasteiger charge is -2.12. The van der Waals surface area contributed by atoms with Crippen LogP contribution in [0.1, 0.15) is 22.5 Å². The highest BCUT2D eigenvalue weighted by atomic mass is 32.2. The molecule has 184 valence electrons. The first-order chi connectivity index (χ1) is 16.7. The third-order valence-corrected chi connectivity index (χ3v) is 7.45. The van der Waals surface area contributed by atoms with Gasteiger partial charge in [-0.15, -0.1) is 0 Å². The number of aryl methyl sites for hydroxylation is 3. The Kier molecular flexibility index (Phi) is 6.58. The first-order valence-corrected chi connectivity index (χ1v) is 12.4. The van der Waals surface area contributed by atoms with Crippen LogP contribution < -0.4 is 14.2 Å². The van der Waals surface area contributed by atoms with Gasteiger partial charge in [-0.3, -0.25) is 0 Å². The number of nitrogens with zero attached hydrogens (tertiary/aromatic N) is 2. The van der Waals surface area contributed by atoms with Gasteiger partial charge in [0.25, 0.3) is 5.89 Å². The molecule has 0 aliphatic rings. The van der Waals surface area contributed by atoms with E-state index in [4.69, 9.17) is 23.2 Å². The minimum Gasteiger partial charge on any atom is -0.493 e. The molecule has 0 spiro atoms. The van der Waals surface area contributed by atoms with E-state index in [1.54, 1.807) is 37.3 Å². The lowest BCUT2D eigenvalue weighted by molar-refractivity contribution is 0.324. The van der Waals surface area contributed by atoms with Crippen LogP contribution in [-0.2, 0) is 15.6 Å². The number of aromatic nitrogens is 2. The first kappa shape index (κ1) is 24.3. The molecule has 0 saturated carbocycles. The fraction of sp³-hybridized carbons (Fsp3) is 0.280. The van der Waals surface area contributed by atoms with Gasteiger partial charge < -0.3 is 23.2 Å². The van der Waals surface area contributed by atoms with E-state index < -0.39 is 9.84 Å². The molecule has 0 fully saturated rings. The Morgan fingerprint density at radius 3 is 2.14 bits per heavy atom. The van der Waals surface area contributed by atoms with Crippen LogP contribution in [0.25, 0.3) is 23.0 Å². The third kappa shape index (κ3) is 4.74. The summed E-state index contributed by atoms with van der Waals surface area (Å²) in [5, 5.41) is 4.01. The van der Waals surface area contributed by atoms with Crippen molar-refractivity contribution in [2.75, 3.05) is 21.3 Å². The van der Waals surface area contributed by atoms with Gasteiger partial charge in [0.05, 0.1) is 26.2 Å². The molecule has 0 N–H and O–H groups in total. The SMILES string of the molecule is COc1cc(-c2noc(-c3ccc(CS(=O)(=O)c4cc(C)c(C)cc4C)o3)n2)cc(OC)c1OC. The zero-order chi connectivity index (χ0) is 25.3. The van der Waals surface area contributed by atoms with Crippen molar-refractivity contribution < 1.29 is 31.6 Å². The van der Waals surface area contributed by atoms with E-state index >= 15 is 0 Å². The van der Waals surface area contributed by atoms with Gasteiger partial charge in [-0.1, -0.05) is 11.2 Å². The summed E-state index contributed by atoms with van der Waals surface area (Å²) in [5.74, 6) is 1.96. The van der Waals surface area contributed by atoms with E-state index in [-0.39, 0.29) is 29.0 Å². The standard InChI is InChI=1S/C25H26N2O7S/c1-14-9-16(3)22(10-15(14)2)35(28,29)13-18-7-8-19(33-18)25-26-24(27-34-25)17-11-20(30-4)23(32-6)21(12-17)31-5/h7-12H,13H2,1-6H3. The third-order valence-electron chi connectivity index (χ3n) is 5.68. The van der Waals surface area contributed by atoms with Crippen molar-refractivity contribution in [1.29, 1.82) is 0 Å². The maximum absolute atomic E-state index is 13.0. The molecule has 10 heteroatoms. The number of methoxy groups -OCH3 is 3. The second-order valence-electron chi connectivity index (χ2n) is 8.06. The van der Waals surface area contributed by atoms with Crippen molar-refractivity contribution >= 4 is 9.84 Å². The smallest absolute Gasteiger partial charge is 0.293 e. The van der Waals surface area contributed by atoms with Gasteiger partial charge in [-0.25, -0.2) is 8.42 Å². The minimum absolute atomic E-state index is 0.111. The average Bonchev–Trinajstić information content (AvgIpc) is 3.49. The topological polar surface area (TPSA) is 114 Å². The Labute approximate surface area is 203 Å². The number of ether oxygens (including phenoxy) is 3. The van der Waals surface area contributed by atoms with Crippen LogP contribution >= 0.6 is 0 Å². The normalized spacial score (nSPS) is 11.5. The van der Waals surface area contributed by atoms with Crippen LogP contribution in [0.15, 0.2) is 50.2 Å². The highest BCUT2D eigenvalue weighted by molar-refractivity contribution is 7.90. The maximum Gasteiger partial charge on any atom is 0.293 e. The van der Waals surface area contributed by atoms with Crippen molar-refractivity contribution in [3.8, 4) is 40.3 Å². The van der Waals surface area contributed by atoms with Crippen LogP contribution in [0.3, 0.4) is 0 Å². The largest absolute Gasteiger partial charge is 0.493 e. The molecule has 0 atom stereocenters. The number of hydrogen-bond donors (Lipinski definition) is 0. The average molecular weight is 499 g/mol. The summed E-state index contributed by atoms with van der Waals surface area (Å²) in [5.41, 5.74) is 3.24. The second-order valence-corrected chi connectivity index (χ2v) is 10.0. The summed E-state index contributed by atoms with van der Waals surface area (Å²) in [6.07, 6.45) is 0. The molecule has 2 aromatic carbocycles. The van der Waals surface area contributed by atoms with Crippen molar-refractivity contribution in [3.05, 3.63) is 58.8 Å². The Hall–Kier alpha value is -3.79. The van der Waals surface area contributed by atoms with Gasteiger partial charge in [0, 0.05) is 5.56 Å². The molecule has 4 rings (SSSR count). The predicted molar refractivity (Wildman–Crippen MR) is 129 cm³/mol. The molecule has 0 aliphatic heterocycles. The molecule has 0 bridgehead atoms. The Bertz CT molecular complexity index is 1460. The van der Waals surface area contributed by atoms with E-state index in [1.807, 2.05) is 19.9 Å². The highest BCUT2D eigenvalue weighted by Crippen LogP contribution is 2.41. The van der Waals surface area contributed by atoms with Crippen LogP contribution in [0.2, 0.25) is 0 Å². The van der Waals surface area contributed by atoms with E-state index in [9.17, 15) is 8.42 Å². The number of benzene rings is 2. The molecule has 0 unspecified atom stereocenters. The molecule has 9 nitrogen and oxygen atoms in total. The van der Waals surface area contributed by atoms with Crippen LogP contribution in [-0.4, -0.2) is 39.9 Å². The van der Waals surface area contributed by atoms with Crippen LogP contribution in [0.5, 0.6) is 17.2 Å². The molecular formula is C25H26N2O7S. The Morgan fingerprint density at radius 1 is 0.857 bits per heavy atom. The summed E-state index contributed by atoms with van der Waals surface area (Å²) in [6.45, 7) is 5.63. The van der Waals surface area contributed by atoms with E-state index in [0.717, 1.165) is 11.1 Å². The van der Waals surface area contributed by atoms with Gasteiger partial charge in [0.1, 0.15) is 11.5 Å². The summed E-state index contributed by atoms with van der Waals surface area (Å²) in [7, 11) is 0.933. The highest BCUT2D eigenvalue weighted by Gasteiger charge is 2.23. The zero-order valence-corrected chi connectivity index (χ0v) is 21.1. The summed E-state index contributed by atoms with van der Waals surface area (Å²) < 4.78 is 53.3. The van der Waals surface area contributed by atoms with E-state index in [0.29, 0.717) is 33.3 Å². The molecule has 0 radical (unpaired) electrons. The van der Waals surface area contributed by atoms with Crippen molar-refractivity contribution in [3.63, 3.8) is 0 Å². The van der Waals surface area contributed by atoms with Gasteiger partial charge in [-0.2, -0.15) is 4.98 Å². The monoisotopic (exact) mass is 498 g/mol. The second kappa shape index (κ2) is 9.46. The van der Waals surface area contributed by atoms with Gasteiger partial charge in [-0.05, 0) is 67.8 Å². The maximum atomic E-state index is 13.0. The number of sulfone groups is 1. The van der Waals surface area contributed by atoms with E-state index in [2.05, 4.69) is 10.1 Å². The summed E-state index contributed by atoms with van der Waals surface area (Å²) in [6, 6.07) is 10.2. The van der Waals surface area contributed by atoms with E-state index in [1.165, 1.54) is 21.3 Å². The molecule has 0 amide bonds. The molecular weight excluding hydrogens is 472 g/mol.